The van der Waals surface area contributed by atoms with Gasteiger partial charge in [-0.3, -0.25) is 0 Å². The van der Waals surface area contributed by atoms with Crippen LogP contribution in [0.5, 0.6) is 0 Å². The van der Waals surface area contributed by atoms with Crippen molar-refractivity contribution in [1.82, 2.24) is 24.1 Å². The van der Waals surface area contributed by atoms with E-state index >= 15 is 0 Å². The Morgan fingerprint density at radius 1 is 0.520 bits per heavy atom. The standard InChI is InChI=1S/C44H32N6/c1-44(2,3)43-47-41(29-13-5-4-6-14-29)46-42(48-43)35-25-28(27-45)21-24-39(35)50-38-20-12-9-17-33(38)34-23-22-30(26-40(34)50)49-36-18-10-7-15-31(36)32-16-8-11-19-37(32)49/h4-26H,1-3H3. The van der Waals surface area contributed by atoms with E-state index in [4.69, 9.17) is 15.0 Å². The maximum Gasteiger partial charge on any atom is 0.165 e. The molecular weight excluding hydrogens is 613 g/mol. The van der Waals surface area contributed by atoms with Crippen molar-refractivity contribution in [2.45, 2.75) is 26.2 Å². The monoisotopic (exact) mass is 644 g/mol. The number of nitriles is 1. The number of rotatable bonds is 4. The van der Waals surface area contributed by atoms with Crippen LogP contribution >= 0.6 is 0 Å². The van der Waals surface area contributed by atoms with Gasteiger partial charge in [0.15, 0.2) is 11.6 Å². The zero-order valence-corrected chi connectivity index (χ0v) is 28.0. The van der Waals surface area contributed by atoms with Crippen molar-refractivity contribution in [2.75, 3.05) is 0 Å². The highest BCUT2D eigenvalue weighted by Crippen LogP contribution is 2.39. The molecule has 9 rings (SSSR count). The Labute approximate surface area is 289 Å². The molecule has 0 saturated carbocycles. The average Bonchev–Trinajstić information content (AvgIpc) is 3.67. The minimum atomic E-state index is -0.335. The summed E-state index contributed by atoms with van der Waals surface area (Å²) < 4.78 is 4.64. The average molecular weight is 645 g/mol. The van der Waals surface area contributed by atoms with Crippen LogP contribution in [0.25, 0.3) is 77.8 Å². The van der Waals surface area contributed by atoms with Crippen LogP contribution in [0.4, 0.5) is 0 Å². The molecule has 0 aliphatic heterocycles. The number of hydrogen-bond donors (Lipinski definition) is 0. The maximum atomic E-state index is 10.1. The van der Waals surface area contributed by atoms with Gasteiger partial charge in [0.1, 0.15) is 5.82 Å². The fourth-order valence-electron chi connectivity index (χ4n) is 7.09. The van der Waals surface area contributed by atoms with Gasteiger partial charge in [-0.25, -0.2) is 15.0 Å². The molecule has 0 atom stereocenters. The lowest BCUT2D eigenvalue weighted by Crippen LogP contribution is -2.18. The molecule has 0 fully saturated rings. The first kappa shape index (κ1) is 29.6. The Balaban J connectivity index is 1.36. The van der Waals surface area contributed by atoms with E-state index in [1.54, 1.807) is 0 Å². The van der Waals surface area contributed by atoms with Crippen molar-refractivity contribution in [3.63, 3.8) is 0 Å². The van der Waals surface area contributed by atoms with E-state index in [9.17, 15) is 5.26 Å². The Morgan fingerprint density at radius 3 is 1.70 bits per heavy atom. The first-order valence-corrected chi connectivity index (χ1v) is 16.8. The zero-order valence-electron chi connectivity index (χ0n) is 28.0. The summed E-state index contributed by atoms with van der Waals surface area (Å²) in [5.41, 5.74) is 8.24. The van der Waals surface area contributed by atoms with E-state index in [1.165, 1.54) is 10.8 Å². The summed E-state index contributed by atoms with van der Waals surface area (Å²) >= 11 is 0. The fourth-order valence-corrected chi connectivity index (χ4v) is 7.09. The van der Waals surface area contributed by atoms with Crippen molar-refractivity contribution in [1.29, 1.82) is 5.26 Å². The quantitative estimate of drug-likeness (QED) is 0.191. The second kappa shape index (κ2) is 11.3. The van der Waals surface area contributed by atoms with Crippen molar-refractivity contribution in [3.8, 4) is 40.2 Å². The molecule has 9 aromatic rings. The Hall–Kier alpha value is -6.58. The van der Waals surface area contributed by atoms with E-state index in [0.29, 0.717) is 23.0 Å². The normalized spacial score (nSPS) is 11.9. The maximum absolute atomic E-state index is 10.1. The summed E-state index contributed by atoms with van der Waals surface area (Å²) in [5, 5.41) is 14.8. The number of para-hydroxylation sites is 3. The topological polar surface area (TPSA) is 72.3 Å². The van der Waals surface area contributed by atoms with Crippen LogP contribution < -0.4 is 0 Å². The molecule has 0 radical (unpaired) electrons. The molecule has 3 heterocycles. The van der Waals surface area contributed by atoms with Gasteiger partial charge < -0.3 is 9.13 Å². The molecule has 6 nitrogen and oxygen atoms in total. The number of nitrogens with zero attached hydrogens (tertiary/aromatic N) is 6. The largest absolute Gasteiger partial charge is 0.309 e. The molecule has 0 bridgehead atoms. The van der Waals surface area contributed by atoms with Crippen LogP contribution in [-0.4, -0.2) is 24.1 Å². The second-order valence-electron chi connectivity index (χ2n) is 13.7. The zero-order chi connectivity index (χ0) is 34.0. The van der Waals surface area contributed by atoms with Gasteiger partial charge in [-0.1, -0.05) is 112 Å². The van der Waals surface area contributed by atoms with Crippen LogP contribution in [0.15, 0.2) is 140 Å². The minimum Gasteiger partial charge on any atom is -0.309 e. The molecule has 6 heteroatoms. The summed E-state index contributed by atoms with van der Waals surface area (Å²) in [5.74, 6) is 1.82. The molecule has 0 aliphatic rings. The number of hydrogen-bond acceptors (Lipinski definition) is 4. The van der Waals surface area contributed by atoms with Gasteiger partial charge in [0.25, 0.3) is 0 Å². The van der Waals surface area contributed by atoms with Gasteiger partial charge >= 0.3 is 0 Å². The van der Waals surface area contributed by atoms with Crippen molar-refractivity contribution in [2.24, 2.45) is 0 Å². The van der Waals surface area contributed by atoms with Crippen molar-refractivity contribution in [3.05, 3.63) is 151 Å². The lowest BCUT2D eigenvalue weighted by molar-refractivity contribution is 0.543. The first-order chi connectivity index (χ1) is 24.4. The lowest BCUT2D eigenvalue weighted by Gasteiger charge is -2.20. The van der Waals surface area contributed by atoms with Crippen molar-refractivity contribution >= 4 is 43.6 Å². The molecule has 0 saturated heterocycles. The van der Waals surface area contributed by atoms with E-state index in [-0.39, 0.29) is 5.41 Å². The molecule has 238 valence electrons. The third-order valence-corrected chi connectivity index (χ3v) is 9.44. The molecule has 0 N–H and O–H groups in total. The van der Waals surface area contributed by atoms with Gasteiger partial charge in [0.2, 0.25) is 0 Å². The third kappa shape index (κ3) is 4.67. The first-order valence-electron chi connectivity index (χ1n) is 16.8. The Morgan fingerprint density at radius 2 is 1.08 bits per heavy atom. The number of benzene rings is 6. The lowest BCUT2D eigenvalue weighted by atomic mass is 9.95. The second-order valence-corrected chi connectivity index (χ2v) is 13.7. The van der Waals surface area contributed by atoms with Gasteiger partial charge in [-0.15, -0.1) is 0 Å². The van der Waals surface area contributed by atoms with Crippen LogP contribution in [-0.2, 0) is 5.41 Å². The van der Waals surface area contributed by atoms with E-state index in [0.717, 1.165) is 55.3 Å². The van der Waals surface area contributed by atoms with E-state index in [2.05, 4.69) is 127 Å². The van der Waals surface area contributed by atoms with Gasteiger partial charge in [-0.2, -0.15) is 5.26 Å². The Bertz CT molecular complexity index is 2760. The molecule has 6 aromatic carbocycles. The summed E-state index contributed by atoms with van der Waals surface area (Å²) in [6.07, 6.45) is 0. The van der Waals surface area contributed by atoms with Gasteiger partial charge in [0, 0.05) is 43.8 Å². The Kier molecular flexibility index (Phi) is 6.65. The summed E-state index contributed by atoms with van der Waals surface area (Å²) in [6.45, 7) is 6.32. The van der Waals surface area contributed by atoms with Gasteiger partial charge in [0.05, 0.1) is 39.4 Å². The highest BCUT2D eigenvalue weighted by Gasteiger charge is 2.24. The molecule has 50 heavy (non-hydrogen) atoms. The highest BCUT2D eigenvalue weighted by molar-refractivity contribution is 6.12. The van der Waals surface area contributed by atoms with Crippen molar-refractivity contribution < 1.29 is 0 Å². The smallest absolute Gasteiger partial charge is 0.165 e. The van der Waals surface area contributed by atoms with Crippen LogP contribution in [0, 0.1) is 11.3 Å². The predicted octanol–water partition coefficient (Wildman–Crippen LogP) is 10.6. The predicted molar refractivity (Wildman–Crippen MR) is 203 cm³/mol. The third-order valence-electron chi connectivity index (χ3n) is 9.44. The molecule has 0 aliphatic carbocycles. The van der Waals surface area contributed by atoms with Crippen LogP contribution in [0.3, 0.4) is 0 Å². The SMILES string of the molecule is CC(C)(C)c1nc(-c2ccccc2)nc(-c2cc(C#N)ccc2-n2c3ccccc3c3ccc(-n4c5ccccc5c5ccccc54)cc32)n1. The van der Waals surface area contributed by atoms with Crippen LogP contribution in [0.1, 0.15) is 32.2 Å². The molecule has 3 aromatic heterocycles. The van der Waals surface area contributed by atoms with Gasteiger partial charge in [-0.05, 0) is 48.5 Å². The minimum absolute atomic E-state index is 0.335. The summed E-state index contributed by atoms with van der Waals surface area (Å²) in [7, 11) is 0. The molecule has 0 amide bonds. The number of fused-ring (bicyclic) bond motifs is 6. The van der Waals surface area contributed by atoms with Crippen LogP contribution in [0.2, 0.25) is 0 Å². The summed E-state index contributed by atoms with van der Waals surface area (Å²) in [6, 6.07) is 50.5. The van der Waals surface area contributed by atoms with E-state index < -0.39 is 0 Å². The van der Waals surface area contributed by atoms with E-state index in [1.807, 2.05) is 48.5 Å². The highest BCUT2D eigenvalue weighted by atomic mass is 15.1. The fraction of sp³-hybridized carbons (Fsp3) is 0.0909. The molecular formula is C44H32N6. The number of aromatic nitrogens is 5. The molecule has 0 spiro atoms. The molecule has 0 unspecified atom stereocenters. The summed E-state index contributed by atoms with van der Waals surface area (Å²) in [4.78, 5) is 15.1.